The monoisotopic (exact) mass is 208 g/mol. The van der Waals surface area contributed by atoms with E-state index in [1.54, 1.807) is 0 Å². The van der Waals surface area contributed by atoms with E-state index >= 15 is 0 Å². The van der Waals surface area contributed by atoms with Gasteiger partial charge in [-0.05, 0) is 23.8 Å². The molecule has 0 amide bonds. The lowest BCUT2D eigenvalue weighted by molar-refractivity contribution is 1.48. The molecule has 78 valence electrons. The third-order valence-corrected chi connectivity index (χ3v) is 2.83. The highest BCUT2D eigenvalue weighted by Crippen LogP contribution is 2.33. The highest BCUT2D eigenvalue weighted by atomic mass is 14.7. The van der Waals surface area contributed by atoms with Crippen LogP contribution in [0.5, 0.6) is 0 Å². The topological polar surface area (TPSA) is 41.8 Å². The lowest BCUT2D eigenvalue weighted by atomic mass is 10.00. The van der Waals surface area contributed by atoms with Crippen molar-refractivity contribution in [3.8, 4) is 11.1 Å². The molecule has 0 spiro atoms. The molecule has 1 aromatic heterocycles. The summed E-state index contributed by atoms with van der Waals surface area (Å²) in [4.78, 5) is 3.20. The summed E-state index contributed by atoms with van der Waals surface area (Å²) in [7, 11) is 0. The zero-order chi connectivity index (χ0) is 11.0. The molecule has 3 rings (SSSR count). The Bertz CT molecular complexity index is 624. The largest absolute Gasteiger partial charge is 0.398 e. The first-order valence-electron chi connectivity index (χ1n) is 5.27. The van der Waals surface area contributed by atoms with Crippen LogP contribution in [0.25, 0.3) is 22.0 Å². The Hall–Kier alpha value is -2.22. The summed E-state index contributed by atoms with van der Waals surface area (Å²) in [5.41, 5.74) is 10.3. The van der Waals surface area contributed by atoms with Gasteiger partial charge in [-0.25, -0.2) is 0 Å². The molecule has 1 heterocycles. The molecule has 0 aliphatic rings. The summed E-state index contributed by atoms with van der Waals surface area (Å²) in [5, 5.41) is 1.17. The number of aromatic nitrogens is 1. The maximum absolute atomic E-state index is 6.06. The Labute approximate surface area is 93.7 Å². The number of hydrogen-bond donors (Lipinski definition) is 2. The fourth-order valence-electron chi connectivity index (χ4n) is 2.08. The SMILES string of the molecule is Nc1ccc2[nH]ccc2c1-c1ccccc1. The van der Waals surface area contributed by atoms with Gasteiger partial charge >= 0.3 is 0 Å². The Balaban J connectivity index is 2.38. The quantitative estimate of drug-likeness (QED) is 0.591. The van der Waals surface area contributed by atoms with Crippen molar-refractivity contribution in [2.24, 2.45) is 0 Å². The number of benzene rings is 2. The summed E-state index contributed by atoms with van der Waals surface area (Å²) in [6.45, 7) is 0. The standard InChI is InChI=1S/C14H12N2/c15-12-6-7-13-11(8-9-16-13)14(12)10-4-2-1-3-5-10/h1-9,16H,15H2. The minimum Gasteiger partial charge on any atom is -0.398 e. The van der Waals surface area contributed by atoms with Gasteiger partial charge in [0.25, 0.3) is 0 Å². The number of anilines is 1. The van der Waals surface area contributed by atoms with Crippen LogP contribution < -0.4 is 5.73 Å². The van der Waals surface area contributed by atoms with Crippen molar-refractivity contribution in [3.63, 3.8) is 0 Å². The van der Waals surface area contributed by atoms with Gasteiger partial charge in [0.05, 0.1) is 0 Å². The van der Waals surface area contributed by atoms with Crippen LogP contribution in [0.2, 0.25) is 0 Å². The van der Waals surface area contributed by atoms with Crippen LogP contribution in [-0.4, -0.2) is 4.98 Å². The predicted octanol–water partition coefficient (Wildman–Crippen LogP) is 3.42. The number of nitrogen functional groups attached to an aromatic ring is 1. The van der Waals surface area contributed by atoms with Gasteiger partial charge in [0.1, 0.15) is 0 Å². The van der Waals surface area contributed by atoms with E-state index in [4.69, 9.17) is 5.73 Å². The second-order valence-corrected chi connectivity index (χ2v) is 3.83. The molecule has 3 aromatic rings. The van der Waals surface area contributed by atoms with Crippen molar-refractivity contribution < 1.29 is 0 Å². The van der Waals surface area contributed by atoms with Crippen LogP contribution >= 0.6 is 0 Å². The van der Waals surface area contributed by atoms with E-state index < -0.39 is 0 Å². The summed E-state index contributed by atoms with van der Waals surface area (Å²) in [5.74, 6) is 0. The number of aromatic amines is 1. The Morgan fingerprint density at radius 2 is 1.69 bits per heavy atom. The van der Waals surface area contributed by atoms with Crippen LogP contribution in [0.4, 0.5) is 5.69 Å². The molecule has 3 N–H and O–H groups in total. The molecule has 0 saturated heterocycles. The second kappa shape index (κ2) is 3.42. The van der Waals surface area contributed by atoms with Crippen LogP contribution in [0.3, 0.4) is 0 Å². The van der Waals surface area contributed by atoms with Gasteiger partial charge in [0.2, 0.25) is 0 Å². The van der Waals surface area contributed by atoms with E-state index in [1.165, 1.54) is 5.39 Å². The van der Waals surface area contributed by atoms with Crippen LogP contribution in [0.15, 0.2) is 54.7 Å². The van der Waals surface area contributed by atoms with E-state index in [1.807, 2.05) is 36.5 Å². The van der Waals surface area contributed by atoms with Crippen molar-refractivity contribution in [1.29, 1.82) is 0 Å². The number of hydrogen-bond acceptors (Lipinski definition) is 1. The average Bonchev–Trinajstić information content (AvgIpc) is 2.78. The maximum atomic E-state index is 6.06. The molecule has 0 saturated carbocycles. The van der Waals surface area contributed by atoms with Crippen molar-refractivity contribution in [2.75, 3.05) is 5.73 Å². The minimum absolute atomic E-state index is 0.818. The van der Waals surface area contributed by atoms with E-state index in [-0.39, 0.29) is 0 Å². The Kier molecular flexibility index (Phi) is 1.93. The van der Waals surface area contributed by atoms with Gasteiger partial charge in [-0.3, -0.25) is 0 Å². The zero-order valence-corrected chi connectivity index (χ0v) is 8.77. The van der Waals surface area contributed by atoms with E-state index in [2.05, 4.69) is 23.2 Å². The van der Waals surface area contributed by atoms with Gasteiger partial charge < -0.3 is 10.7 Å². The molecule has 0 bridgehead atoms. The van der Waals surface area contributed by atoms with Crippen LogP contribution in [-0.2, 0) is 0 Å². The van der Waals surface area contributed by atoms with Gasteiger partial charge in [-0.1, -0.05) is 30.3 Å². The lowest BCUT2D eigenvalue weighted by Gasteiger charge is -2.07. The maximum Gasteiger partial charge on any atom is 0.0461 e. The molecule has 0 unspecified atom stereocenters. The van der Waals surface area contributed by atoms with Gasteiger partial charge in [-0.2, -0.15) is 0 Å². The first kappa shape index (κ1) is 9.04. The molecule has 2 nitrogen and oxygen atoms in total. The van der Waals surface area contributed by atoms with E-state index in [0.717, 1.165) is 22.3 Å². The molecule has 16 heavy (non-hydrogen) atoms. The van der Waals surface area contributed by atoms with Crippen molar-refractivity contribution in [3.05, 3.63) is 54.7 Å². The minimum atomic E-state index is 0.818. The Morgan fingerprint density at radius 3 is 2.50 bits per heavy atom. The first-order valence-corrected chi connectivity index (χ1v) is 5.27. The van der Waals surface area contributed by atoms with E-state index in [0.29, 0.717) is 0 Å². The third-order valence-electron chi connectivity index (χ3n) is 2.83. The van der Waals surface area contributed by atoms with Crippen molar-refractivity contribution >= 4 is 16.6 Å². The van der Waals surface area contributed by atoms with E-state index in [9.17, 15) is 0 Å². The summed E-state index contributed by atoms with van der Waals surface area (Å²) < 4.78 is 0. The number of H-pyrrole nitrogens is 1. The number of nitrogens with two attached hydrogens (primary N) is 1. The van der Waals surface area contributed by atoms with Gasteiger partial charge in [0, 0.05) is 28.4 Å². The molecule has 0 fully saturated rings. The Morgan fingerprint density at radius 1 is 0.875 bits per heavy atom. The molecule has 2 heteroatoms. The highest BCUT2D eigenvalue weighted by molar-refractivity contribution is 6.00. The molecule has 2 aromatic carbocycles. The molecular weight excluding hydrogens is 196 g/mol. The van der Waals surface area contributed by atoms with Crippen LogP contribution in [0, 0.1) is 0 Å². The predicted molar refractivity (Wildman–Crippen MR) is 68.1 cm³/mol. The normalized spacial score (nSPS) is 10.8. The molecule has 0 aliphatic carbocycles. The first-order chi connectivity index (χ1) is 7.86. The van der Waals surface area contributed by atoms with Gasteiger partial charge in [0.15, 0.2) is 0 Å². The third kappa shape index (κ3) is 1.27. The lowest BCUT2D eigenvalue weighted by Crippen LogP contribution is -1.90. The summed E-state index contributed by atoms with van der Waals surface area (Å²) in [6, 6.07) is 16.3. The summed E-state index contributed by atoms with van der Waals surface area (Å²) in [6.07, 6.45) is 1.94. The van der Waals surface area contributed by atoms with Gasteiger partial charge in [-0.15, -0.1) is 0 Å². The number of nitrogens with one attached hydrogen (secondary N) is 1. The number of rotatable bonds is 1. The zero-order valence-electron chi connectivity index (χ0n) is 8.77. The van der Waals surface area contributed by atoms with Crippen molar-refractivity contribution in [2.45, 2.75) is 0 Å². The number of fused-ring (bicyclic) bond motifs is 1. The summed E-state index contributed by atoms with van der Waals surface area (Å²) >= 11 is 0. The van der Waals surface area contributed by atoms with Crippen LogP contribution in [0.1, 0.15) is 0 Å². The molecule has 0 radical (unpaired) electrons. The average molecular weight is 208 g/mol. The second-order valence-electron chi connectivity index (χ2n) is 3.83. The fraction of sp³-hybridized carbons (Fsp3) is 0. The highest BCUT2D eigenvalue weighted by Gasteiger charge is 2.07. The molecule has 0 aliphatic heterocycles. The van der Waals surface area contributed by atoms with Crippen molar-refractivity contribution in [1.82, 2.24) is 4.98 Å². The smallest absolute Gasteiger partial charge is 0.0461 e. The molecule has 0 atom stereocenters. The molecular formula is C14H12N2. The fourth-order valence-corrected chi connectivity index (χ4v) is 2.08.